The van der Waals surface area contributed by atoms with Crippen molar-refractivity contribution in [2.24, 2.45) is 11.1 Å². The molecule has 0 bridgehead atoms. The fourth-order valence-electron chi connectivity index (χ4n) is 2.98. The molecule has 2 rings (SSSR count). The Morgan fingerprint density at radius 3 is 2.57 bits per heavy atom. The molecule has 0 fully saturated rings. The highest BCUT2D eigenvalue weighted by atomic mass is 15.1. The van der Waals surface area contributed by atoms with Gasteiger partial charge in [0, 0.05) is 12.5 Å². The highest BCUT2D eigenvalue weighted by Crippen LogP contribution is 2.29. The molecule has 1 aromatic heterocycles. The first-order valence-corrected chi connectivity index (χ1v) is 8.01. The third-order valence-electron chi connectivity index (χ3n) is 4.28. The first kappa shape index (κ1) is 16.0. The third kappa shape index (κ3) is 3.65. The number of aromatic nitrogens is 2. The molecular weight excluding hydrogens is 258 g/mol. The molecule has 2 N–H and O–H groups in total. The molecule has 0 radical (unpaired) electrons. The van der Waals surface area contributed by atoms with Crippen LogP contribution in [0.25, 0.3) is 11.0 Å². The molecule has 0 saturated heterocycles. The van der Waals surface area contributed by atoms with Crippen LogP contribution in [-0.4, -0.2) is 16.1 Å². The molecule has 21 heavy (non-hydrogen) atoms. The number of hydrogen-bond acceptors (Lipinski definition) is 2. The largest absolute Gasteiger partial charge is 0.330 e. The van der Waals surface area contributed by atoms with Crippen molar-refractivity contribution in [2.75, 3.05) is 6.54 Å². The third-order valence-corrected chi connectivity index (χ3v) is 4.28. The molecule has 1 aromatic carbocycles. The van der Waals surface area contributed by atoms with Gasteiger partial charge in [-0.3, -0.25) is 0 Å². The molecule has 2 aromatic rings. The molecule has 0 amide bonds. The number of rotatable bonds is 6. The van der Waals surface area contributed by atoms with Gasteiger partial charge in [0.25, 0.3) is 0 Å². The Morgan fingerprint density at radius 1 is 1.24 bits per heavy atom. The summed E-state index contributed by atoms with van der Waals surface area (Å²) < 4.78 is 2.38. The molecule has 0 aliphatic rings. The lowest BCUT2D eigenvalue weighted by Crippen LogP contribution is -2.19. The van der Waals surface area contributed by atoms with Crippen LogP contribution in [0.5, 0.6) is 0 Å². The van der Waals surface area contributed by atoms with E-state index in [1.165, 1.54) is 16.9 Å². The molecule has 0 spiro atoms. The minimum absolute atomic E-state index is 0.282. The highest BCUT2D eigenvalue weighted by Gasteiger charge is 2.20. The average molecular weight is 287 g/mol. The second kappa shape index (κ2) is 6.18. The van der Waals surface area contributed by atoms with E-state index in [1.807, 2.05) is 0 Å². The summed E-state index contributed by atoms with van der Waals surface area (Å²) in [7, 11) is 0. The maximum atomic E-state index is 5.72. The summed E-state index contributed by atoms with van der Waals surface area (Å²) in [5, 5.41) is 0. The van der Waals surface area contributed by atoms with Gasteiger partial charge in [-0.1, -0.05) is 19.9 Å². The van der Waals surface area contributed by atoms with Gasteiger partial charge in [-0.25, -0.2) is 4.98 Å². The molecule has 0 atom stereocenters. The molecule has 116 valence electrons. The van der Waals surface area contributed by atoms with Crippen molar-refractivity contribution in [3.63, 3.8) is 0 Å². The van der Waals surface area contributed by atoms with Crippen LogP contribution >= 0.6 is 0 Å². The molecule has 0 unspecified atom stereocenters. The molecule has 0 aliphatic heterocycles. The topological polar surface area (TPSA) is 43.8 Å². The molecular formula is C18H29N3. The molecule has 3 nitrogen and oxygen atoms in total. The lowest BCUT2D eigenvalue weighted by molar-refractivity contribution is 0.308. The van der Waals surface area contributed by atoms with Crippen molar-refractivity contribution in [2.45, 2.75) is 59.9 Å². The zero-order chi connectivity index (χ0) is 15.6. The van der Waals surface area contributed by atoms with E-state index in [0.717, 1.165) is 31.3 Å². The lowest BCUT2D eigenvalue weighted by Gasteiger charge is -2.24. The fraction of sp³-hybridized carbons (Fsp3) is 0.611. The summed E-state index contributed by atoms with van der Waals surface area (Å²) in [6.07, 6.45) is 3.20. The van der Waals surface area contributed by atoms with Gasteiger partial charge < -0.3 is 10.3 Å². The van der Waals surface area contributed by atoms with Gasteiger partial charge in [-0.2, -0.15) is 0 Å². The van der Waals surface area contributed by atoms with E-state index >= 15 is 0 Å². The van der Waals surface area contributed by atoms with E-state index in [-0.39, 0.29) is 5.41 Å². The quantitative estimate of drug-likeness (QED) is 0.864. The first-order chi connectivity index (χ1) is 9.84. The van der Waals surface area contributed by atoms with Crippen LogP contribution in [0.3, 0.4) is 0 Å². The summed E-state index contributed by atoms with van der Waals surface area (Å²) in [5.41, 5.74) is 9.64. The van der Waals surface area contributed by atoms with Gasteiger partial charge in [0.15, 0.2) is 0 Å². The number of nitrogens with two attached hydrogens (primary N) is 1. The van der Waals surface area contributed by atoms with E-state index in [1.54, 1.807) is 0 Å². The Morgan fingerprint density at radius 2 is 1.95 bits per heavy atom. The van der Waals surface area contributed by atoms with E-state index in [9.17, 15) is 0 Å². The van der Waals surface area contributed by atoms with Crippen molar-refractivity contribution in [1.29, 1.82) is 0 Å². The maximum absolute atomic E-state index is 5.72. The van der Waals surface area contributed by atoms with Crippen molar-refractivity contribution < 1.29 is 0 Å². The number of hydrogen-bond donors (Lipinski definition) is 1. The van der Waals surface area contributed by atoms with Gasteiger partial charge in [0.1, 0.15) is 5.82 Å². The van der Waals surface area contributed by atoms with Crippen LogP contribution in [0.1, 0.15) is 58.0 Å². The van der Waals surface area contributed by atoms with Crippen LogP contribution in [0.4, 0.5) is 0 Å². The monoisotopic (exact) mass is 287 g/mol. The number of benzene rings is 1. The smallest absolute Gasteiger partial charge is 0.110 e. The van der Waals surface area contributed by atoms with Crippen LogP contribution in [0.2, 0.25) is 0 Å². The lowest BCUT2D eigenvalue weighted by atomic mass is 9.84. The van der Waals surface area contributed by atoms with Gasteiger partial charge in [-0.15, -0.1) is 0 Å². The fourth-order valence-corrected chi connectivity index (χ4v) is 2.98. The van der Waals surface area contributed by atoms with Crippen LogP contribution in [0, 0.1) is 12.3 Å². The van der Waals surface area contributed by atoms with Crippen molar-refractivity contribution in [3.05, 3.63) is 29.6 Å². The van der Waals surface area contributed by atoms with Gasteiger partial charge in [-0.05, 0) is 63.3 Å². The number of imidazole rings is 1. The molecule has 0 aliphatic carbocycles. The molecule has 1 heterocycles. The summed E-state index contributed by atoms with van der Waals surface area (Å²) in [5.74, 6) is 1.20. The number of fused-ring (bicyclic) bond motifs is 1. The SMILES string of the molecule is Cc1ccc2c(c1)nc(CCC(C)(C)CCN)n2C(C)C. The van der Waals surface area contributed by atoms with Gasteiger partial charge in [0.05, 0.1) is 11.0 Å². The maximum Gasteiger partial charge on any atom is 0.110 e. The van der Waals surface area contributed by atoms with Gasteiger partial charge >= 0.3 is 0 Å². The number of nitrogens with zero attached hydrogens (tertiary/aromatic N) is 2. The zero-order valence-corrected chi connectivity index (χ0v) is 14.1. The normalized spacial score (nSPS) is 12.5. The van der Waals surface area contributed by atoms with E-state index < -0.39 is 0 Å². The van der Waals surface area contributed by atoms with Gasteiger partial charge in [0.2, 0.25) is 0 Å². The zero-order valence-electron chi connectivity index (χ0n) is 14.1. The van der Waals surface area contributed by atoms with Crippen LogP contribution in [0.15, 0.2) is 18.2 Å². The highest BCUT2D eigenvalue weighted by molar-refractivity contribution is 5.77. The summed E-state index contributed by atoms with van der Waals surface area (Å²) in [4.78, 5) is 4.89. The predicted octanol–water partition coefficient (Wildman–Crippen LogP) is 4.23. The Bertz CT molecular complexity index is 608. The minimum atomic E-state index is 0.282. The van der Waals surface area contributed by atoms with Crippen LogP contribution < -0.4 is 5.73 Å². The summed E-state index contributed by atoms with van der Waals surface area (Å²) in [6, 6.07) is 6.99. The van der Waals surface area contributed by atoms with Crippen molar-refractivity contribution >= 4 is 11.0 Å². The molecule has 0 saturated carbocycles. The van der Waals surface area contributed by atoms with E-state index in [0.29, 0.717) is 6.04 Å². The Balaban J connectivity index is 2.32. The predicted molar refractivity (Wildman–Crippen MR) is 90.6 cm³/mol. The average Bonchev–Trinajstić information content (AvgIpc) is 2.74. The number of aryl methyl sites for hydroxylation is 2. The standard InChI is InChI=1S/C18H29N3/c1-13(2)21-16-7-6-14(3)12-15(16)20-17(21)8-9-18(4,5)10-11-19/h6-7,12-13H,8-11,19H2,1-5H3. The van der Waals surface area contributed by atoms with E-state index in [4.69, 9.17) is 10.7 Å². The first-order valence-electron chi connectivity index (χ1n) is 8.01. The second-order valence-corrected chi connectivity index (χ2v) is 7.19. The van der Waals surface area contributed by atoms with Crippen LogP contribution in [-0.2, 0) is 6.42 Å². The van der Waals surface area contributed by atoms with E-state index in [2.05, 4.69) is 57.4 Å². The summed E-state index contributed by atoms with van der Waals surface area (Å²) >= 11 is 0. The molecule has 3 heteroatoms. The van der Waals surface area contributed by atoms with Crippen molar-refractivity contribution in [1.82, 2.24) is 9.55 Å². The Kier molecular flexibility index (Phi) is 4.72. The summed E-state index contributed by atoms with van der Waals surface area (Å²) in [6.45, 7) is 11.9. The second-order valence-electron chi connectivity index (χ2n) is 7.19. The minimum Gasteiger partial charge on any atom is -0.330 e. The Hall–Kier alpha value is -1.35. The van der Waals surface area contributed by atoms with Crippen molar-refractivity contribution in [3.8, 4) is 0 Å². The Labute approximate surface area is 128 Å².